The van der Waals surface area contributed by atoms with Crippen molar-refractivity contribution < 1.29 is 21.6 Å². The van der Waals surface area contributed by atoms with Gasteiger partial charge in [-0.25, -0.2) is 13.2 Å². The lowest BCUT2D eigenvalue weighted by molar-refractivity contribution is -0.137. The maximum absolute atomic E-state index is 13.4. The van der Waals surface area contributed by atoms with Crippen LogP contribution >= 0.6 is 0 Å². The Labute approximate surface area is 181 Å². The lowest BCUT2D eigenvalue weighted by Gasteiger charge is -2.17. The van der Waals surface area contributed by atoms with Gasteiger partial charge >= 0.3 is 11.9 Å². The second-order valence-electron chi connectivity index (χ2n) is 7.32. The van der Waals surface area contributed by atoms with E-state index in [4.69, 9.17) is 0 Å². The summed E-state index contributed by atoms with van der Waals surface area (Å²) in [5.74, 6) is 0. The summed E-state index contributed by atoms with van der Waals surface area (Å²) in [5, 5.41) is 1.11. The molecule has 0 bridgehead atoms. The van der Waals surface area contributed by atoms with Crippen molar-refractivity contribution in [2.45, 2.75) is 11.1 Å². The lowest BCUT2D eigenvalue weighted by Crippen LogP contribution is -2.29. The first kappa shape index (κ1) is 21.7. The minimum absolute atomic E-state index is 0.0809. The number of benzene rings is 3. The van der Waals surface area contributed by atoms with E-state index in [1.54, 1.807) is 24.3 Å². The van der Waals surface area contributed by atoms with Gasteiger partial charge in [-0.3, -0.25) is 4.57 Å². The van der Waals surface area contributed by atoms with Gasteiger partial charge in [-0.1, -0.05) is 30.3 Å². The summed E-state index contributed by atoms with van der Waals surface area (Å²) in [6, 6.07) is 14.1. The maximum atomic E-state index is 13.4. The fourth-order valence-corrected chi connectivity index (χ4v) is 4.98. The van der Waals surface area contributed by atoms with Crippen molar-refractivity contribution >= 4 is 26.5 Å². The van der Waals surface area contributed by atoms with E-state index in [0.29, 0.717) is 14.7 Å². The van der Waals surface area contributed by atoms with Crippen molar-refractivity contribution in [3.05, 3.63) is 89.1 Å². The molecule has 166 valence electrons. The normalized spacial score (nSPS) is 12.3. The lowest BCUT2D eigenvalue weighted by atomic mass is 10.1. The number of halogens is 3. The van der Waals surface area contributed by atoms with Crippen LogP contribution < -0.4 is 10.6 Å². The van der Waals surface area contributed by atoms with Crippen LogP contribution in [0.2, 0.25) is 0 Å². The fraction of sp³-hybridized carbons (Fsp3) is 0.136. The number of rotatable bonds is 4. The molecular weight excluding hydrogens is 443 g/mol. The Hall–Kier alpha value is -3.53. The molecule has 3 aromatic carbocycles. The van der Waals surface area contributed by atoms with Crippen LogP contribution in [-0.4, -0.2) is 31.1 Å². The molecule has 4 aromatic rings. The number of aromatic nitrogens is 2. The van der Waals surface area contributed by atoms with E-state index < -0.39 is 27.5 Å². The quantitative estimate of drug-likeness (QED) is 0.459. The van der Waals surface area contributed by atoms with Crippen molar-refractivity contribution in [3.63, 3.8) is 0 Å². The predicted octanol–water partition coefficient (Wildman–Crippen LogP) is 4.11. The minimum atomic E-state index is -4.60. The first-order valence-electron chi connectivity index (χ1n) is 9.44. The average molecular weight is 461 g/mol. The third-order valence-electron chi connectivity index (χ3n) is 5.08. The van der Waals surface area contributed by atoms with Crippen LogP contribution in [0.25, 0.3) is 16.5 Å². The Morgan fingerprint density at radius 3 is 2.22 bits per heavy atom. The Balaban J connectivity index is 1.88. The number of hydrogen-bond donors (Lipinski definition) is 0. The SMILES string of the molecule is CN(C)c1cccc2c(S(=O)(=O)n3ccn(-c4cccc(C(F)(F)F)c4)c3=O)cccc12. The maximum Gasteiger partial charge on any atom is 0.416 e. The highest BCUT2D eigenvalue weighted by molar-refractivity contribution is 7.90. The first-order valence-corrected chi connectivity index (χ1v) is 10.9. The molecule has 32 heavy (non-hydrogen) atoms. The van der Waals surface area contributed by atoms with Crippen molar-refractivity contribution in [3.8, 4) is 5.69 Å². The van der Waals surface area contributed by atoms with Crippen LogP contribution in [0, 0.1) is 0 Å². The monoisotopic (exact) mass is 461 g/mol. The molecule has 0 radical (unpaired) electrons. The molecule has 6 nitrogen and oxygen atoms in total. The van der Waals surface area contributed by atoms with E-state index in [0.717, 1.165) is 40.8 Å². The van der Waals surface area contributed by atoms with Crippen molar-refractivity contribution in [1.82, 2.24) is 8.54 Å². The third-order valence-corrected chi connectivity index (χ3v) is 6.78. The summed E-state index contributed by atoms with van der Waals surface area (Å²) in [7, 11) is -0.664. The Bertz CT molecular complexity index is 1490. The van der Waals surface area contributed by atoms with Crippen LogP contribution in [0.1, 0.15) is 5.56 Å². The highest BCUT2D eigenvalue weighted by atomic mass is 32.2. The molecule has 0 fully saturated rings. The van der Waals surface area contributed by atoms with Crippen LogP contribution in [-0.2, 0) is 16.2 Å². The van der Waals surface area contributed by atoms with E-state index in [2.05, 4.69) is 0 Å². The third kappa shape index (κ3) is 3.56. The van der Waals surface area contributed by atoms with Crippen LogP contribution in [0.15, 0.2) is 82.7 Å². The molecule has 10 heteroatoms. The van der Waals surface area contributed by atoms with E-state index in [-0.39, 0.29) is 10.6 Å². The van der Waals surface area contributed by atoms with Gasteiger partial charge in [-0.2, -0.15) is 17.1 Å². The number of hydrogen-bond acceptors (Lipinski definition) is 4. The van der Waals surface area contributed by atoms with Gasteiger partial charge in [-0.05, 0) is 30.3 Å². The summed E-state index contributed by atoms with van der Waals surface area (Å²) < 4.78 is 67.3. The molecule has 0 unspecified atom stereocenters. The van der Waals surface area contributed by atoms with Crippen LogP contribution in [0.3, 0.4) is 0 Å². The minimum Gasteiger partial charge on any atom is -0.377 e. The number of nitrogens with zero attached hydrogens (tertiary/aromatic N) is 3. The molecule has 4 rings (SSSR count). The fourth-order valence-electron chi connectivity index (χ4n) is 3.56. The molecule has 1 aromatic heterocycles. The summed E-state index contributed by atoms with van der Waals surface area (Å²) in [6.07, 6.45) is -2.43. The van der Waals surface area contributed by atoms with Gasteiger partial charge in [-0.15, -0.1) is 0 Å². The van der Waals surface area contributed by atoms with E-state index in [9.17, 15) is 26.4 Å². The van der Waals surface area contributed by atoms with Crippen LogP contribution in [0.4, 0.5) is 18.9 Å². The standard InChI is InChI=1S/C22H18F3N3O3S/c1-26(2)19-10-4-9-18-17(19)8-5-11-20(18)32(30,31)28-13-12-27(21(28)29)16-7-3-6-15(14-16)22(23,24)25/h3-14H,1-2H3. The van der Waals surface area contributed by atoms with E-state index >= 15 is 0 Å². The average Bonchev–Trinajstić information content (AvgIpc) is 3.14. The largest absolute Gasteiger partial charge is 0.416 e. The second kappa shape index (κ2) is 7.56. The summed E-state index contributed by atoms with van der Waals surface area (Å²) >= 11 is 0. The highest BCUT2D eigenvalue weighted by Gasteiger charge is 2.31. The van der Waals surface area contributed by atoms with Crippen molar-refractivity contribution in [2.24, 2.45) is 0 Å². The van der Waals surface area contributed by atoms with Gasteiger partial charge < -0.3 is 4.90 Å². The predicted molar refractivity (Wildman–Crippen MR) is 116 cm³/mol. The highest BCUT2D eigenvalue weighted by Crippen LogP contribution is 2.32. The topological polar surface area (TPSA) is 64.3 Å². The van der Waals surface area contributed by atoms with Gasteiger partial charge in [0.2, 0.25) is 0 Å². The summed E-state index contributed by atoms with van der Waals surface area (Å²) in [5.41, 5.74) is -1.23. The molecule has 0 spiro atoms. The molecule has 0 atom stereocenters. The summed E-state index contributed by atoms with van der Waals surface area (Å²) in [4.78, 5) is 14.7. The molecule has 0 aliphatic heterocycles. The zero-order valence-corrected chi connectivity index (χ0v) is 17.9. The van der Waals surface area contributed by atoms with Gasteiger partial charge in [0.1, 0.15) is 0 Å². The number of fused-ring (bicyclic) bond motifs is 1. The van der Waals surface area contributed by atoms with Crippen molar-refractivity contribution in [1.29, 1.82) is 0 Å². The Kier molecular flexibility index (Phi) is 5.12. The van der Waals surface area contributed by atoms with Gasteiger partial charge in [0, 0.05) is 42.9 Å². The molecule has 0 saturated carbocycles. The molecule has 0 N–H and O–H groups in total. The smallest absolute Gasteiger partial charge is 0.377 e. The molecule has 0 aliphatic rings. The van der Waals surface area contributed by atoms with Gasteiger partial charge in [0.25, 0.3) is 10.0 Å². The van der Waals surface area contributed by atoms with Crippen molar-refractivity contribution in [2.75, 3.05) is 19.0 Å². The molecule has 0 amide bonds. The molecular formula is C22H18F3N3O3S. The zero-order chi connectivity index (χ0) is 23.3. The Morgan fingerprint density at radius 2 is 1.53 bits per heavy atom. The number of imidazole rings is 1. The second-order valence-corrected chi connectivity index (χ2v) is 9.11. The Morgan fingerprint density at radius 1 is 0.875 bits per heavy atom. The van der Waals surface area contributed by atoms with E-state index in [1.807, 2.05) is 25.1 Å². The number of alkyl halides is 3. The number of anilines is 1. The zero-order valence-electron chi connectivity index (χ0n) is 17.0. The summed E-state index contributed by atoms with van der Waals surface area (Å²) in [6.45, 7) is 0. The molecule has 1 heterocycles. The van der Waals surface area contributed by atoms with E-state index in [1.165, 1.54) is 12.1 Å². The van der Waals surface area contributed by atoms with Gasteiger partial charge in [0.05, 0.1) is 16.1 Å². The van der Waals surface area contributed by atoms with Crippen LogP contribution in [0.5, 0.6) is 0 Å². The molecule has 0 saturated heterocycles. The molecule has 0 aliphatic carbocycles. The van der Waals surface area contributed by atoms with Gasteiger partial charge in [0.15, 0.2) is 0 Å². The first-order chi connectivity index (χ1) is 15.0.